The fourth-order valence-electron chi connectivity index (χ4n) is 2.48. The lowest BCUT2D eigenvalue weighted by molar-refractivity contribution is 0.507. The van der Waals surface area contributed by atoms with Gasteiger partial charge in [0, 0.05) is 37.4 Å². The van der Waals surface area contributed by atoms with Gasteiger partial charge < -0.3 is 0 Å². The van der Waals surface area contributed by atoms with Crippen molar-refractivity contribution in [2.24, 2.45) is 12.9 Å². The molecule has 0 aliphatic carbocycles. The van der Waals surface area contributed by atoms with Crippen molar-refractivity contribution in [1.29, 1.82) is 0 Å². The van der Waals surface area contributed by atoms with Crippen LogP contribution in [0.15, 0.2) is 42.9 Å². The summed E-state index contributed by atoms with van der Waals surface area (Å²) in [6.07, 6.45) is 7.01. The molecule has 0 aliphatic heterocycles. The molecule has 3 N–H and O–H groups in total. The minimum atomic E-state index is 0.0753. The van der Waals surface area contributed by atoms with E-state index in [0.29, 0.717) is 0 Å². The van der Waals surface area contributed by atoms with Crippen molar-refractivity contribution in [2.75, 3.05) is 0 Å². The lowest BCUT2D eigenvalue weighted by atomic mass is 10.0. The summed E-state index contributed by atoms with van der Waals surface area (Å²) >= 11 is 0. The summed E-state index contributed by atoms with van der Waals surface area (Å²) in [6, 6.07) is 8.16. The molecule has 0 spiro atoms. The molecule has 0 saturated carbocycles. The van der Waals surface area contributed by atoms with Gasteiger partial charge >= 0.3 is 0 Å². The largest absolute Gasteiger partial charge is 0.273 e. The number of aryl methyl sites for hydroxylation is 2. The molecule has 1 unspecified atom stereocenters. The van der Waals surface area contributed by atoms with Crippen LogP contribution in [0.25, 0.3) is 11.0 Å². The zero-order chi connectivity index (χ0) is 14.7. The molecule has 2 heterocycles. The van der Waals surface area contributed by atoms with Crippen LogP contribution < -0.4 is 11.3 Å². The number of hydrazine groups is 1. The Morgan fingerprint density at radius 2 is 1.95 bits per heavy atom. The lowest BCUT2D eigenvalue weighted by Crippen LogP contribution is -2.28. The Bertz CT molecular complexity index is 736. The molecule has 21 heavy (non-hydrogen) atoms. The summed E-state index contributed by atoms with van der Waals surface area (Å²) < 4.78 is 1.89. The maximum absolute atomic E-state index is 5.72. The summed E-state index contributed by atoms with van der Waals surface area (Å²) in [7, 11) is 1.95. The average Bonchev–Trinajstić information content (AvgIpc) is 2.93. The second kappa shape index (κ2) is 5.99. The van der Waals surface area contributed by atoms with E-state index in [1.807, 2.05) is 42.2 Å². The van der Waals surface area contributed by atoms with Gasteiger partial charge in [-0.3, -0.25) is 25.9 Å². The molecule has 1 atom stereocenters. The Kier molecular flexibility index (Phi) is 3.89. The molecule has 3 aromatic rings. The van der Waals surface area contributed by atoms with Crippen molar-refractivity contribution in [3.8, 4) is 0 Å². The van der Waals surface area contributed by atoms with Gasteiger partial charge in [-0.15, -0.1) is 0 Å². The van der Waals surface area contributed by atoms with Crippen LogP contribution in [0.5, 0.6) is 0 Å². The summed E-state index contributed by atoms with van der Waals surface area (Å²) in [6.45, 7) is 0. The van der Waals surface area contributed by atoms with Gasteiger partial charge in [0.15, 0.2) is 0 Å². The van der Waals surface area contributed by atoms with E-state index >= 15 is 0 Å². The van der Waals surface area contributed by atoms with E-state index in [2.05, 4.69) is 20.5 Å². The molecule has 0 aliphatic rings. The van der Waals surface area contributed by atoms with Crippen molar-refractivity contribution >= 4 is 11.0 Å². The van der Waals surface area contributed by atoms with Gasteiger partial charge in [-0.1, -0.05) is 6.07 Å². The molecule has 2 aromatic heterocycles. The number of nitrogens with two attached hydrogens (primary N) is 1. The maximum Gasteiger partial charge on any atom is 0.0890 e. The number of nitrogens with one attached hydrogen (secondary N) is 1. The second-order valence-electron chi connectivity index (χ2n) is 5.01. The van der Waals surface area contributed by atoms with Crippen molar-refractivity contribution in [1.82, 2.24) is 25.2 Å². The third kappa shape index (κ3) is 2.91. The lowest BCUT2D eigenvalue weighted by Gasteiger charge is -2.16. The normalized spacial score (nSPS) is 12.7. The number of fused-ring (bicyclic) bond motifs is 1. The first-order valence-corrected chi connectivity index (χ1v) is 6.91. The van der Waals surface area contributed by atoms with Crippen molar-refractivity contribution in [3.63, 3.8) is 0 Å². The van der Waals surface area contributed by atoms with Gasteiger partial charge in [-0.2, -0.15) is 5.10 Å². The molecule has 0 amide bonds. The van der Waals surface area contributed by atoms with E-state index in [-0.39, 0.29) is 6.04 Å². The van der Waals surface area contributed by atoms with Gasteiger partial charge in [0.1, 0.15) is 0 Å². The average molecular weight is 282 g/mol. The summed E-state index contributed by atoms with van der Waals surface area (Å²) in [4.78, 5) is 8.62. The Morgan fingerprint density at radius 1 is 1.14 bits per heavy atom. The highest BCUT2D eigenvalue weighted by Gasteiger charge is 2.12. The zero-order valence-electron chi connectivity index (χ0n) is 11.9. The first kappa shape index (κ1) is 13.7. The predicted octanol–water partition coefficient (Wildman–Crippen LogP) is 1.50. The molecule has 0 radical (unpaired) electrons. The molecular formula is C15H18N6. The zero-order valence-corrected chi connectivity index (χ0v) is 11.9. The maximum atomic E-state index is 5.72. The topological polar surface area (TPSA) is 81.7 Å². The number of rotatable bonds is 5. The number of nitrogens with zero attached hydrogens (tertiary/aromatic N) is 4. The number of aromatic nitrogens is 4. The Hall–Kier alpha value is -2.31. The molecule has 1 aromatic carbocycles. The molecule has 3 rings (SSSR count). The van der Waals surface area contributed by atoms with Crippen molar-refractivity contribution in [2.45, 2.75) is 18.9 Å². The first-order chi connectivity index (χ1) is 10.3. The SMILES string of the molecule is Cn1nccc1CCC(NN)c1ccc2nccnc2c1. The Balaban J connectivity index is 1.79. The Morgan fingerprint density at radius 3 is 2.67 bits per heavy atom. The molecule has 0 saturated heterocycles. The monoisotopic (exact) mass is 282 g/mol. The van der Waals surface area contributed by atoms with Crippen LogP contribution in [-0.2, 0) is 13.5 Å². The quantitative estimate of drug-likeness (QED) is 0.547. The fraction of sp³-hybridized carbons (Fsp3) is 0.267. The first-order valence-electron chi connectivity index (χ1n) is 6.91. The molecule has 0 fully saturated rings. The van der Waals surface area contributed by atoms with E-state index in [1.54, 1.807) is 12.4 Å². The standard InChI is InChI=1S/C15H18N6/c1-21-12(6-7-19-21)3-5-13(20-16)11-2-4-14-15(10-11)18-9-8-17-14/h2,4,6-10,13,20H,3,5,16H2,1H3. The van der Waals surface area contributed by atoms with Crippen LogP contribution in [0.2, 0.25) is 0 Å². The van der Waals surface area contributed by atoms with Crippen molar-refractivity contribution < 1.29 is 0 Å². The Labute approximate surface area is 123 Å². The number of hydrogen-bond donors (Lipinski definition) is 2. The van der Waals surface area contributed by atoms with E-state index in [1.165, 1.54) is 5.69 Å². The fourth-order valence-corrected chi connectivity index (χ4v) is 2.48. The van der Waals surface area contributed by atoms with Crippen LogP contribution in [0, 0.1) is 0 Å². The van der Waals surface area contributed by atoms with Gasteiger partial charge in [-0.25, -0.2) is 0 Å². The number of benzene rings is 1. The van der Waals surface area contributed by atoms with Crippen LogP contribution in [0.3, 0.4) is 0 Å². The van der Waals surface area contributed by atoms with Crippen molar-refractivity contribution in [3.05, 3.63) is 54.1 Å². The third-order valence-corrected chi connectivity index (χ3v) is 3.71. The van der Waals surface area contributed by atoms with Gasteiger partial charge in [0.2, 0.25) is 0 Å². The summed E-state index contributed by atoms with van der Waals surface area (Å²) in [5.74, 6) is 5.72. The number of hydrogen-bond acceptors (Lipinski definition) is 5. The molecule has 0 bridgehead atoms. The summed E-state index contributed by atoms with van der Waals surface area (Å²) in [5, 5.41) is 4.18. The van der Waals surface area contributed by atoms with Gasteiger partial charge in [0.25, 0.3) is 0 Å². The van der Waals surface area contributed by atoms with E-state index in [0.717, 1.165) is 29.4 Å². The molecular weight excluding hydrogens is 264 g/mol. The van der Waals surface area contributed by atoms with Crippen LogP contribution in [0.1, 0.15) is 23.7 Å². The van der Waals surface area contributed by atoms with Crippen LogP contribution in [0.4, 0.5) is 0 Å². The van der Waals surface area contributed by atoms with Gasteiger partial charge in [-0.05, 0) is 36.6 Å². The summed E-state index contributed by atoms with van der Waals surface area (Å²) in [5.41, 5.74) is 6.97. The predicted molar refractivity (Wildman–Crippen MR) is 81.1 cm³/mol. The minimum Gasteiger partial charge on any atom is -0.273 e. The second-order valence-corrected chi connectivity index (χ2v) is 5.01. The highest BCUT2D eigenvalue weighted by atomic mass is 15.3. The van der Waals surface area contributed by atoms with E-state index < -0.39 is 0 Å². The molecule has 6 nitrogen and oxygen atoms in total. The van der Waals surface area contributed by atoms with Crippen LogP contribution in [-0.4, -0.2) is 19.7 Å². The highest BCUT2D eigenvalue weighted by molar-refractivity contribution is 5.74. The van der Waals surface area contributed by atoms with E-state index in [9.17, 15) is 0 Å². The highest BCUT2D eigenvalue weighted by Crippen LogP contribution is 2.21. The minimum absolute atomic E-state index is 0.0753. The van der Waals surface area contributed by atoms with E-state index in [4.69, 9.17) is 5.84 Å². The third-order valence-electron chi connectivity index (χ3n) is 3.71. The van der Waals surface area contributed by atoms with Crippen LogP contribution >= 0.6 is 0 Å². The molecule has 6 heteroatoms. The smallest absolute Gasteiger partial charge is 0.0890 e. The molecule has 108 valence electrons. The van der Waals surface area contributed by atoms with Gasteiger partial charge in [0.05, 0.1) is 11.0 Å².